The summed E-state index contributed by atoms with van der Waals surface area (Å²) in [4.78, 5) is 0. The van der Waals surface area contributed by atoms with Crippen LogP contribution >= 0.6 is 0 Å². The number of hydrogen-bond donors (Lipinski definition) is 0. The topological polar surface area (TPSA) is 42.2 Å². The molecule has 0 aromatic carbocycles. The van der Waals surface area contributed by atoms with E-state index in [1.807, 2.05) is 0 Å². The molecule has 1 aliphatic heterocycles. The normalized spacial score (nSPS) is 37.1. The van der Waals surface area contributed by atoms with Crippen molar-refractivity contribution in [1.82, 2.24) is 0 Å². The van der Waals surface area contributed by atoms with Gasteiger partial charge in [0.25, 0.3) is 0 Å². The van der Waals surface area contributed by atoms with Crippen molar-refractivity contribution in [3.63, 3.8) is 0 Å². The third-order valence-corrected chi connectivity index (χ3v) is 4.30. The highest BCUT2D eigenvalue weighted by molar-refractivity contribution is 4.88. The SMILES string of the molecule is CCCC[C@H]1CO[C@H](C2CCC(C#N)CC2)OC1. The molecule has 0 spiro atoms. The lowest BCUT2D eigenvalue weighted by molar-refractivity contribution is -0.229. The van der Waals surface area contributed by atoms with E-state index in [2.05, 4.69) is 13.0 Å². The minimum absolute atomic E-state index is 0.00233. The largest absolute Gasteiger partial charge is 0.352 e. The summed E-state index contributed by atoms with van der Waals surface area (Å²) in [6.45, 7) is 3.95. The molecular formula is C15H25NO2. The monoisotopic (exact) mass is 251 g/mol. The van der Waals surface area contributed by atoms with Crippen LogP contribution in [0.5, 0.6) is 0 Å². The Balaban J connectivity index is 1.69. The zero-order valence-corrected chi connectivity index (χ0v) is 11.4. The van der Waals surface area contributed by atoms with E-state index < -0.39 is 0 Å². The predicted molar refractivity (Wildman–Crippen MR) is 69.8 cm³/mol. The first kappa shape index (κ1) is 13.8. The maximum absolute atomic E-state index is 8.89. The molecule has 0 unspecified atom stereocenters. The van der Waals surface area contributed by atoms with E-state index in [0.29, 0.717) is 11.8 Å². The summed E-state index contributed by atoms with van der Waals surface area (Å²) in [6.07, 6.45) is 7.96. The second-order valence-electron chi connectivity index (χ2n) is 5.78. The molecule has 0 radical (unpaired) electrons. The van der Waals surface area contributed by atoms with Crippen molar-refractivity contribution in [2.45, 2.75) is 58.2 Å². The zero-order valence-electron chi connectivity index (χ0n) is 11.4. The fraction of sp³-hybridized carbons (Fsp3) is 0.933. The fourth-order valence-corrected chi connectivity index (χ4v) is 3.01. The minimum Gasteiger partial charge on any atom is -0.352 e. The Morgan fingerprint density at radius 2 is 1.78 bits per heavy atom. The lowest BCUT2D eigenvalue weighted by atomic mass is 9.82. The quantitative estimate of drug-likeness (QED) is 0.768. The third kappa shape index (κ3) is 3.70. The Kier molecular flexibility index (Phi) is 5.46. The molecule has 0 N–H and O–H groups in total. The molecule has 0 aromatic rings. The molecule has 0 aromatic heterocycles. The van der Waals surface area contributed by atoms with Crippen molar-refractivity contribution < 1.29 is 9.47 Å². The molecule has 0 atom stereocenters. The van der Waals surface area contributed by atoms with Gasteiger partial charge in [0.2, 0.25) is 0 Å². The van der Waals surface area contributed by atoms with E-state index >= 15 is 0 Å². The van der Waals surface area contributed by atoms with Crippen molar-refractivity contribution in [3.8, 4) is 6.07 Å². The summed E-state index contributed by atoms with van der Waals surface area (Å²) in [5, 5.41) is 8.89. The fourth-order valence-electron chi connectivity index (χ4n) is 3.01. The first-order valence-electron chi connectivity index (χ1n) is 7.46. The third-order valence-electron chi connectivity index (χ3n) is 4.30. The Bertz CT molecular complexity index is 271. The van der Waals surface area contributed by atoms with E-state index in [4.69, 9.17) is 14.7 Å². The van der Waals surface area contributed by atoms with Gasteiger partial charge < -0.3 is 9.47 Å². The molecule has 0 bridgehead atoms. The summed E-state index contributed by atoms with van der Waals surface area (Å²) in [5.74, 6) is 1.38. The van der Waals surface area contributed by atoms with Crippen LogP contribution < -0.4 is 0 Å². The van der Waals surface area contributed by atoms with Crippen LogP contribution in [0.15, 0.2) is 0 Å². The Morgan fingerprint density at radius 3 is 2.33 bits per heavy atom. The predicted octanol–water partition coefficient (Wildman–Crippen LogP) is 3.50. The number of ether oxygens (including phenoxy) is 2. The molecule has 2 fully saturated rings. The Morgan fingerprint density at radius 1 is 1.11 bits per heavy atom. The van der Waals surface area contributed by atoms with Gasteiger partial charge in [-0.3, -0.25) is 0 Å². The van der Waals surface area contributed by atoms with Crippen LogP contribution in [0.2, 0.25) is 0 Å². The lowest BCUT2D eigenvalue weighted by Gasteiger charge is -2.36. The molecule has 0 amide bonds. The first-order valence-corrected chi connectivity index (χ1v) is 7.46. The lowest BCUT2D eigenvalue weighted by Crippen LogP contribution is -2.38. The van der Waals surface area contributed by atoms with Gasteiger partial charge in [0.1, 0.15) is 0 Å². The standard InChI is InChI=1S/C15H25NO2/c1-2-3-4-13-10-17-15(18-11-13)14-7-5-12(9-16)6-8-14/h12-15H,2-8,10-11H2,1H3/t12?,13-,14?,15-. The smallest absolute Gasteiger partial charge is 0.160 e. The molecule has 18 heavy (non-hydrogen) atoms. The van der Waals surface area contributed by atoms with Crippen LogP contribution in [0.4, 0.5) is 0 Å². The molecule has 2 aliphatic rings. The van der Waals surface area contributed by atoms with Crippen LogP contribution in [0.1, 0.15) is 51.9 Å². The maximum Gasteiger partial charge on any atom is 0.160 e. The Labute approximate surface area is 110 Å². The summed E-state index contributed by atoms with van der Waals surface area (Å²) in [5.41, 5.74) is 0. The first-order chi connectivity index (χ1) is 8.83. The Hall–Kier alpha value is -0.590. The zero-order chi connectivity index (χ0) is 12.8. The van der Waals surface area contributed by atoms with Crippen molar-refractivity contribution in [3.05, 3.63) is 0 Å². The van der Waals surface area contributed by atoms with E-state index in [-0.39, 0.29) is 12.2 Å². The van der Waals surface area contributed by atoms with E-state index in [1.54, 1.807) is 0 Å². The number of nitrogens with zero attached hydrogens (tertiary/aromatic N) is 1. The summed E-state index contributed by atoms with van der Waals surface area (Å²) in [6, 6.07) is 2.38. The molecule has 1 saturated heterocycles. The molecule has 3 heteroatoms. The summed E-state index contributed by atoms with van der Waals surface area (Å²) in [7, 11) is 0. The van der Waals surface area contributed by atoms with Crippen molar-refractivity contribution in [2.75, 3.05) is 13.2 Å². The summed E-state index contributed by atoms with van der Waals surface area (Å²) < 4.78 is 11.8. The van der Waals surface area contributed by atoms with E-state index in [1.165, 1.54) is 19.3 Å². The summed E-state index contributed by atoms with van der Waals surface area (Å²) >= 11 is 0. The van der Waals surface area contributed by atoms with Gasteiger partial charge >= 0.3 is 0 Å². The highest BCUT2D eigenvalue weighted by Gasteiger charge is 2.32. The van der Waals surface area contributed by atoms with Gasteiger partial charge in [-0.05, 0) is 32.1 Å². The minimum atomic E-state index is 0.00233. The molecule has 1 aliphatic carbocycles. The van der Waals surface area contributed by atoms with Crippen LogP contribution in [-0.4, -0.2) is 19.5 Å². The molecule has 1 saturated carbocycles. The van der Waals surface area contributed by atoms with Gasteiger partial charge in [-0.2, -0.15) is 5.26 Å². The van der Waals surface area contributed by atoms with Gasteiger partial charge in [-0.15, -0.1) is 0 Å². The highest BCUT2D eigenvalue weighted by atomic mass is 16.7. The molecule has 3 nitrogen and oxygen atoms in total. The molecular weight excluding hydrogens is 226 g/mol. The number of hydrogen-bond acceptors (Lipinski definition) is 3. The second-order valence-corrected chi connectivity index (χ2v) is 5.78. The maximum atomic E-state index is 8.89. The van der Waals surface area contributed by atoms with Gasteiger partial charge in [0.05, 0.1) is 19.3 Å². The number of nitriles is 1. The number of rotatable bonds is 4. The molecule has 2 rings (SSSR count). The second kappa shape index (κ2) is 7.11. The van der Waals surface area contributed by atoms with Gasteiger partial charge in [0.15, 0.2) is 6.29 Å². The van der Waals surface area contributed by atoms with Crippen LogP contribution in [-0.2, 0) is 9.47 Å². The van der Waals surface area contributed by atoms with Crippen molar-refractivity contribution >= 4 is 0 Å². The van der Waals surface area contributed by atoms with Crippen molar-refractivity contribution in [2.24, 2.45) is 17.8 Å². The van der Waals surface area contributed by atoms with E-state index in [0.717, 1.165) is 38.9 Å². The molecule has 102 valence electrons. The van der Waals surface area contributed by atoms with Crippen LogP contribution in [0.3, 0.4) is 0 Å². The van der Waals surface area contributed by atoms with Crippen LogP contribution in [0, 0.1) is 29.1 Å². The average Bonchev–Trinajstić information content (AvgIpc) is 2.46. The number of unbranched alkanes of at least 4 members (excludes halogenated alkanes) is 1. The van der Waals surface area contributed by atoms with Gasteiger partial charge in [-0.1, -0.05) is 19.8 Å². The van der Waals surface area contributed by atoms with Crippen LogP contribution in [0.25, 0.3) is 0 Å². The van der Waals surface area contributed by atoms with E-state index in [9.17, 15) is 0 Å². The molecule has 1 heterocycles. The average molecular weight is 251 g/mol. The highest BCUT2D eigenvalue weighted by Crippen LogP contribution is 2.33. The van der Waals surface area contributed by atoms with Gasteiger partial charge in [-0.25, -0.2) is 0 Å². The van der Waals surface area contributed by atoms with Gasteiger partial charge in [0, 0.05) is 17.8 Å². The van der Waals surface area contributed by atoms with Crippen molar-refractivity contribution in [1.29, 1.82) is 5.26 Å².